The number of nitrogens with one attached hydrogen (secondary N) is 2. The van der Waals surface area contributed by atoms with Gasteiger partial charge in [0, 0.05) is 42.6 Å². The van der Waals surface area contributed by atoms with Crippen LogP contribution in [0.5, 0.6) is 0 Å². The Morgan fingerprint density at radius 2 is 2.36 bits per heavy atom. The molecule has 8 heteroatoms. The van der Waals surface area contributed by atoms with Crippen LogP contribution in [-0.4, -0.2) is 44.5 Å². The fourth-order valence-corrected chi connectivity index (χ4v) is 3.53. The second-order valence-electron chi connectivity index (χ2n) is 6.02. The van der Waals surface area contributed by atoms with Crippen molar-refractivity contribution in [3.8, 4) is 0 Å². The van der Waals surface area contributed by atoms with E-state index in [9.17, 15) is 0 Å². The van der Waals surface area contributed by atoms with E-state index < -0.39 is 0 Å². The van der Waals surface area contributed by atoms with Crippen LogP contribution in [0.15, 0.2) is 36.9 Å². The Bertz CT molecular complexity index is 818. The maximum absolute atomic E-state index is 5.95. The fraction of sp³-hybridized carbons (Fsp3) is 0.353. The largest absolute Gasteiger partial charge is 0.369 e. The number of hydrogen-bond acceptors (Lipinski definition) is 7. The highest BCUT2D eigenvalue weighted by atomic mass is 32.1. The lowest BCUT2D eigenvalue weighted by molar-refractivity contribution is -0.0352. The van der Waals surface area contributed by atoms with E-state index in [0.717, 1.165) is 42.0 Å². The van der Waals surface area contributed by atoms with Gasteiger partial charge >= 0.3 is 0 Å². The van der Waals surface area contributed by atoms with Gasteiger partial charge in [0.2, 0.25) is 0 Å². The first-order chi connectivity index (χ1) is 12.3. The molecule has 1 saturated heterocycles. The highest BCUT2D eigenvalue weighted by Gasteiger charge is 2.23. The second kappa shape index (κ2) is 7.30. The number of hydrogen-bond donors (Lipinski definition) is 2. The zero-order valence-corrected chi connectivity index (χ0v) is 14.8. The molecule has 0 aromatic carbocycles. The third-order valence-corrected chi connectivity index (χ3v) is 4.88. The lowest BCUT2D eigenvalue weighted by atomic mass is 10.2. The molecule has 0 spiro atoms. The van der Waals surface area contributed by atoms with Gasteiger partial charge in [-0.15, -0.1) is 11.3 Å². The lowest BCUT2D eigenvalue weighted by Gasteiger charge is -2.32. The van der Waals surface area contributed by atoms with Crippen molar-refractivity contribution in [3.05, 3.63) is 53.2 Å². The molecule has 130 valence electrons. The number of aryl methyl sites for hydroxylation is 1. The Labute approximate surface area is 150 Å². The molecular weight excluding hydrogens is 336 g/mol. The van der Waals surface area contributed by atoms with E-state index in [1.54, 1.807) is 17.7 Å². The number of aromatic nitrogens is 4. The number of imidazole rings is 1. The lowest BCUT2D eigenvalue weighted by Crippen LogP contribution is -2.38. The van der Waals surface area contributed by atoms with Crippen LogP contribution in [0.3, 0.4) is 0 Å². The summed E-state index contributed by atoms with van der Waals surface area (Å²) in [5.41, 5.74) is 2.05. The number of anilines is 2. The van der Waals surface area contributed by atoms with Crippen molar-refractivity contribution in [1.82, 2.24) is 24.8 Å². The topological polar surface area (TPSA) is 79.0 Å². The van der Waals surface area contributed by atoms with Gasteiger partial charge in [-0.2, -0.15) is 0 Å². The van der Waals surface area contributed by atoms with E-state index in [-0.39, 0.29) is 6.10 Å². The van der Waals surface area contributed by atoms with Crippen LogP contribution in [0.2, 0.25) is 0 Å². The molecule has 25 heavy (non-hydrogen) atoms. The molecule has 0 saturated carbocycles. The number of pyridine rings is 1. The predicted molar refractivity (Wildman–Crippen MR) is 96.9 cm³/mol. The third kappa shape index (κ3) is 4.04. The van der Waals surface area contributed by atoms with Crippen molar-refractivity contribution in [2.75, 3.05) is 25.0 Å². The maximum Gasteiger partial charge on any atom is 0.188 e. The maximum atomic E-state index is 5.95. The zero-order chi connectivity index (χ0) is 17.1. The standard InChI is InChI=1S/C17H20N6OS/c1-12-7-19-17(25-12)22-16-4-2-3-14(21-16)15-10-23(5-6-24-15)9-13-8-18-11-20-13/h2-4,7-8,11,15H,5-6,9-10H2,1H3,(H,18,20)(H,19,21,22). The molecule has 1 atom stereocenters. The van der Waals surface area contributed by atoms with E-state index >= 15 is 0 Å². The van der Waals surface area contributed by atoms with Crippen LogP contribution in [0.1, 0.15) is 22.4 Å². The molecule has 1 aliphatic heterocycles. The highest BCUT2D eigenvalue weighted by molar-refractivity contribution is 7.15. The van der Waals surface area contributed by atoms with E-state index in [1.165, 1.54) is 4.88 Å². The smallest absolute Gasteiger partial charge is 0.188 e. The van der Waals surface area contributed by atoms with Gasteiger partial charge in [0.05, 0.1) is 18.6 Å². The van der Waals surface area contributed by atoms with Gasteiger partial charge < -0.3 is 15.0 Å². The number of nitrogens with zero attached hydrogens (tertiary/aromatic N) is 4. The van der Waals surface area contributed by atoms with Crippen LogP contribution in [0.25, 0.3) is 0 Å². The number of H-pyrrole nitrogens is 1. The number of ether oxygens (including phenoxy) is 1. The molecule has 1 aliphatic rings. The summed E-state index contributed by atoms with van der Waals surface area (Å²) < 4.78 is 5.95. The van der Waals surface area contributed by atoms with Crippen LogP contribution in [-0.2, 0) is 11.3 Å². The Hall–Kier alpha value is -2.29. The summed E-state index contributed by atoms with van der Waals surface area (Å²) in [7, 11) is 0. The molecule has 7 nitrogen and oxygen atoms in total. The molecule has 4 rings (SSSR count). The normalized spacial score (nSPS) is 18.4. The zero-order valence-electron chi connectivity index (χ0n) is 14.0. The monoisotopic (exact) mass is 356 g/mol. The van der Waals surface area contributed by atoms with Crippen molar-refractivity contribution in [3.63, 3.8) is 0 Å². The number of thiazole rings is 1. The van der Waals surface area contributed by atoms with Crippen molar-refractivity contribution >= 4 is 22.3 Å². The molecule has 4 heterocycles. The van der Waals surface area contributed by atoms with Crippen LogP contribution >= 0.6 is 11.3 Å². The van der Waals surface area contributed by atoms with E-state index in [0.29, 0.717) is 6.61 Å². The SMILES string of the molecule is Cc1cnc(Nc2cccc(C3CN(Cc4cnc[nH]4)CCO3)n2)s1. The average Bonchev–Trinajstić information content (AvgIpc) is 3.27. The first-order valence-electron chi connectivity index (χ1n) is 8.24. The molecular formula is C17H20N6OS. The number of aromatic amines is 1. The molecule has 0 aliphatic carbocycles. The molecule has 1 unspecified atom stereocenters. The Morgan fingerprint density at radius 3 is 3.16 bits per heavy atom. The summed E-state index contributed by atoms with van der Waals surface area (Å²) in [5.74, 6) is 0.793. The molecule has 1 fully saturated rings. The Morgan fingerprint density at radius 1 is 1.40 bits per heavy atom. The average molecular weight is 356 g/mol. The summed E-state index contributed by atoms with van der Waals surface area (Å²) in [6.07, 6.45) is 5.40. The molecule has 0 bridgehead atoms. The van der Waals surface area contributed by atoms with Gasteiger partial charge in [0.25, 0.3) is 0 Å². The Kier molecular flexibility index (Phi) is 4.73. The van der Waals surface area contributed by atoms with Crippen molar-refractivity contribution in [2.24, 2.45) is 0 Å². The quantitative estimate of drug-likeness (QED) is 0.732. The van der Waals surface area contributed by atoms with Crippen molar-refractivity contribution in [2.45, 2.75) is 19.6 Å². The second-order valence-corrected chi connectivity index (χ2v) is 7.25. The van der Waals surface area contributed by atoms with Crippen LogP contribution in [0.4, 0.5) is 10.9 Å². The molecule has 3 aromatic rings. The van der Waals surface area contributed by atoms with E-state index in [4.69, 9.17) is 9.72 Å². The minimum absolute atomic E-state index is 0.0311. The first-order valence-corrected chi connectivity index (χ1v) is 9.05. The van der Waals surface area contributed by atoms with Gasteiger partial charge in [0.1, 0.15) is 11.9 Å². The van der Waals surface area contributed by atoms with Gasteiger partial charge in [-0.3, -0.25) is 4.90 Å². The summed E-state index contributed by atoms with van der Waals surface area (Å²) in [6.45, 7) is 5.30. The van der Waals surface area contributed by atoms with Crippen molar-refractivity contribution < 1.29 is 4.74 Å². The molecule has 3 aromatic heterocycles. The van der Waals surface area contributed by atoms with Gasteiger partial charge in [-0.1, -0.05) is 6.07 Å². The highest BCUT2D eigenvalue weighted by Crippen LogP contribution is 2.25. The summed E-state index contributed by atoms with van der Waals surface area (Å²) >= 11 is 1.62. The molecule has 0 radical (unpaired) electrons. The Balaban J connectivity index is 1.44. The molecule has 2 N–H and O–H groups in total. The first kappa shape index (κ1) is 16.2. The summed E-state index contributed by atoms with van der Waals surface area (Å²) in [4.78, 5) is 19.8. The van der Waals surface area contributed by atoms with E-state index in [2.05, 4.69) is 25.2 Å². The van der Waals surface area contributed by atoms with E-state index in [1.807, 2.05) is 37.5 Å². The van der Waals surface area contributed by atoms with Gasteiger partial charge in [-0.25, -0.2) is 15.0 Å². The van der Waals surface area contributed by atoms with Gasteiger partial charge in [-0.05, 0) is 19.1 Å². The number of morpholine rings is 1. The number of rotatable bonds is 5. The van der Waals surface area contributed by atoms with Crippen molar-refractivity contribution in [1.29, 1.82) is 0 Å². The third-order valence-electron chi connectivity index (χ3n) is 4.06. The fourth-order valence-electron chi connectivity index (χ4n) is 2.86. The van der Waals surface area contributed by atoms with Crippen LogP contribution in [0, 0.1) is 6.92 Å². The molecule has 0 amide bonds. The predicted octanol–water partition coefficient (Wildman–Crippen LogP) is 2.89. The minimum Gasteiger partial charge on any atom is -0.369 e. The summed E-state index contributed by atoms with van der Waals surface area (Å²) in [6, 6.07) is 5.97. The minimum atomic E-state index is -0.0311. The van der Waals surface area contributed by atoms with Crippen LogP contribution < -0.4 is 5.32 Å². The summed E-state index contributed by atoms with van der Waals surface area (Å²) in [5, 5.41) is 4.12. The van der Waals surface area contributed by atoms with Gasteiger partial charge in [0.15, 0.2) is 5.13 Å².